The van der Waals surface area contributed by atoms with Crippen molar-refractivity contribution in [1.29, 1.82) is 0 Å². The first-order valence-electron chi connectivity index (χ1n) is 5.20. The van der Waals surface area contributed by atoms with Crippen LogP contribution < -0.4 is 16.1 Å². The predicted octanol–water partition coefficient (Wildman–Crippen LogP) is 1.67. The number of hydrogen-bond acceptors (Lipinski definition) is 3. The molecule has 0 bridgehead atoms. The minimum Gasteiger partial charge on any atom is -0.504 e. The third-order valence-electron chi connectivity index (χ3n) is 1.83. The van der Waals surface area contributed by atoms with Gasteiger partial charge in [-0.15, -0.1) is 0 Å². The minimum atomic E-state index is -0.491. The first kappa shape index (κ1) is 13.0. The van der Waals surface area contributed by atoms with E-state index in [0.29, 0.717) is 5.69 Å². The molecule has 5 heteroatoms. The molecule has 0 aliphatic carbocycles. The first-order valence-corrected chi connectivity index (χ1v) is 5.20. The van der Waals surface area contributed by atoms with E-state index in [2.05, 4.69) is 10.6 Å². The summed E-state index contributed by atoms with van der Waals surface area (Å²) in [5.41, 5.74) is -0.397. The van der Waals surface area contributed by atoms with Crippen molar-refractivity contribution in [2.24, 2.45) is 0 Å². The maximum absolute atomic E-state index is 11.5. The largest absolute Gasteiger partial charge is 0.504 e. The molecule has 1 aromatic rings. The van der Waals surface area contributed by atoms with Crippen LogP contribution >= 0.6 is 0 Å². The van der Waals surface area contributed by atoms with Crippen molar-refractivity contribution in [2.45, 2.75) is 26.3 Å². The summed E-state index contributed by atoms with van der Waals surface area (Å²) in [6.07, 6.45) is 0. The Morgan fingerprint density at radius 2 is 1.76 bits per heavy atom. The molecule has 0 atom stereocenters. The molecule has 92 valence electrons. The van der Waals surface area contributed by atoms with Crippen molar-refractivity contribution < 1.29 is 9.90 Å². The predicted molar refractivity (Wildman–Crippen MR) is 66.3 cm³/mol. The van der Waals surface area contributed by atoms with Gasteiger partial charge >= 0.3 is 6.03 Å². The summed E-state index contributed by atoms with van der Waals surface area (Å²) < 4.78 is 0. The van der Waals surface area contributed by atoms with E-state index in [-0.39, 0.29) is 17.3 Å². The Morgan fingerprint density at radius 1 is 1.18 bits per heavy atom. The Hall–Kier alpha value is -2.04. The molecule has 0 radical (unpaired) electrons. The fourth-order valence-electron chi connectivity index (χ4n) is 1.14. The monoisotopic (exact) mass is 236 g/mol. The number of urea groups is 1. The molecule has 2 amide bonds. The van der Waals surface area contributed by atoms with Gasteiger partial charge in [-0.3, -0.25) is 4.79 Å². The molecule has 0 fully saturated rings. The number of carbonyl (C=O) groups is 1. The van der Waals surface area contributed by atoms with Crippen LogP contribution in [-0.4, -0.2) is 16.7 Å². The molecule has 1 aromatic carbocycles. The summed E-state index contributed by atoms with van der Waals surface area (Å²) in [6, 6.07) is 4.97. The molecule has 5 nitrogen and oxygen atoms in total. The molecular formula is C12H16N2O3. The zero-order chi connectivity index (χ0) is 13.1. The van der Waals surface area contributed by atoms with E-state index < -0.39 is 5.43 Å². The van der Waals surface area contributed by atoms with E-state index in [4.69, 9.17) is 0 Å². The van der Waals surface area contributed by atoms with Crippen LogP contribution in [0.15, 0.2) is 29.1 Å². The van der Waals surface area contributed by atoms with Gasteiger partial charge in [-0.25, -0.2) is 4.79 Å². The number of nitrogens with one attached hydrogen (secondary N) is 2. The molecule has 0 spiro atoms. The first-order chi connectivity index (χ1) is 7.78. The second-order valence-corrected chi connectivity index (χ2v) is 4.70. The lowest BCUT2D eigenvalue weighted by molar-refractivity contribution is 0.244. The lowest BCUT2D eigenvalue weighted by atomic mass is 10.1. The minimum absolute atomic E-state index is 0.340. The highest BCUT2D eigenvalue weighted by molar-refractivity contribution is 5.89. The second-order valence-electron chi connectivity index (χ2n) is 4.70. The Bertz CT molecular complexity index is 478. The summed E-state index contributed by atoms with van der Waals surface area (Å²) in [5, 5.41) is 14.5. The lowest BCUT2D eigenvalue weighted by Gasteiger charge is -2.20. The van der Waals surface area contributed by atoms with E-state index in [1.807, 2.05) is 20.8 Å². The molecule has 3 N–H and O–H groups in total. The van der Waals surface area contributed by atoms with Crippen LogP contribution in [-0.2, 0) is 0 Å². The van der Waals surface area contributed by atoms with E-state index in [9.17, 15) is 14.7 Å². The standard InChI is InChI=1S/C12H16N2O3/c1-12(2,3)14-11(17)13-8-4-6-9(15)10(16)7-5-8/h4-7H,1-3H3,(H,15,16)(H2,13,14,17). The maximum Gasteiger partial charge on any atom is 0.319 e. The third kappa shape index (κ3) is 4.55. The number of hydrogen-bond donors (Lipinski definition) is 3. The van der Waals surface area contributed by atoms with Crippen LogP contribution in [0.5, 0.6) is 5.75 Å². The fourth-order valence-corrected chi connectivity index (χ4v) is 1.14. The van der Waals surface area contributed by atoms with Crippen LogP contribution in [0.25, 0.3) is 0 Å². The topological polar surface area (TPSA) is 78.4 Å². The van der Waals surface area contributed by atoms with Crippen molar-refractivity contribution >= 4 is 11.7 Å². The van der Waals surface area contributed by atoms with Crippen molar-refractivity contribution in [3.63, 3.8) is 0 Å². The van der Waals surface area contributed by atoms with Crippen molar-refractivity contribution in [2.75, 3.05) is 5.32 Å². The Labute approximate surface area is 99.5 Å². The zero-order valence-electron chi connectivity index (χ0n) is 10.1. The van der Waals surface area contributed by atoms with Crippen LogP contribution in [0.2, 0.25) is 0 Å². The van der Waals surface area contributed by atoms with E-state index in [1.54, 1.807) is 0 Å². The fraction of sp³-hybridized carbons (Fsp3) is 0.333. The molecule has 0 heterocycles. The van der Waals surface area contributed by atoms with Gasteiger partial charge < -0.3 is 15.7 Å². The van der Waals surface area contributed by atoms with E-state index in [1.165, 1.54) is 24.3 Å². The smallest absolute Gasteiger partial charge is 0.319 e. The molecular weight excluding hydrogens is 220 g/mol. The average Bonchev–Trinajstić information content (AvgIpc) is 2.30. The Kier molecular flexibility index (Phi) is 3.73. The number of amides is 2. The second kappa shape index (κ2) is 4.86. The van der Waals surface area contributed by atoms with Crippen molar-refractivity contribution in [3.05, 3.63) is 34.5 Å². The summed E-state index contributed by atoms with van der Waals surface area (Å²) >= 11 is 0. The van der Waals surface area contributed by atoms with Crippen LogP contribution in [0.4, 0.5) is 10.5 Å². The number of anilines is 1. The number of rotatable bonds is 1. The highest BCUT2D eigenvalue weighted by Gasteiger charge is 2.13. The number of aromatic hydroxyl groups is 1. The molecule has 0 aliphatic heterocycles. The van der Waals surface area contributed by atoms with Gasteiger partial charge in [0.05, 0.1) is 0 Å². The summed E-state index contributed by atoms with van der Waals surface area (Å²) in [4.78, 5) is 22.6. The van der Waals surface area contributed by atoms with E-state index >= 15 is 0 Å². The Balaban J connectivity index is 2.80. The van der Waals surface area contributed by atoms with Crippen molar-refractivity contribution in [1.82, 2.24) is 5.32 Å². The van der Waals surface area contributed by atoms with Gasteiger partial charge in [0.1, 0.15) is 0 Å². The van der Waals surface area contributed by atoms with Gasteiger partial charge in [0.25, 0.3) is 0 Å². The zero-order valence-corrected chi connectivity index (χ0v) is 10.1. The van der Waals surface area contributed by atoms with Crippen LogP contribution in [0.3, 0.4) is 0 Å². The summed E-state index contributed by atoms with van der Waals surface area (Å²) in [5.74, 6) is -0.353. The third-order valence-corrected chi connectivity index (χ3v) is 1.83. The average molecular weight is 236 g/mol. The quantitative estimate of drug-likeness (QED) is 0.694. The highest BCUT2D eigenvalue weighted by atomic mass is 16.3. The van der Waals surface area contributed by atoms with Gasteiger partial charge in [0.15, 0.2) is 5.75 Å². The Morgan fingerprint density at radius 3 is 2.35 bits per heavy atom. The van der Waals surface area contributed by atoms with Gasteiger partial charge in [0, 0.05) is 11.2 Å². The molecule has 0 aliphatic rings. The van der Waals surface area contributed by atoms with Gasteiger partial charge in [-0.1, -0.05) is 0 Å². The number of carbonyl (C=O) groups excluding carboxylic acids is 1. The maximum atomic E-state index is 11.5. The molecule has 0 aromatic heterocycles. The molecule has 0 saturated heterocycles. The van der Waals surface area contributed by atoms with Gasteiger partial charge in [0.2, 0.25) is 5.43 Å². The molecule has 0 unspecified atom stereocenters. The van der Waals surface area contributed by atoms with Gasteiger partial charge in [-0.05, 0) is 45.0 Å². The molecule has 0 saturated carbocycles. The van der Waals surface area contributed by atoms with Gasteiger partial charge in [-0.2, -0.15) is 0 Å². The lowest BCUT2D eigenvalue weighted by Crippen LogP contribution is -2.43. The molecule has 1 rings (SSSR count). The SMILES string of the molecule is CC(C)(C)NC(=O)Nc1ccc(O)c(=O)cc1. The highest BCUT2D eigenvalue weighted by Crippen LogP contribution is 2.07. The summed E-state index contributed by atoms with van der Waals surface area (Å²) in [7, 11) is 0. The summed E-state index contributed by atoms with van der Waals surface area (Å²) in [6.45, 7) is 5.58. The molecule has 17 heavy (non-hydrogen) atoms. The van der Waals surface area contributed by atoms with E-state index in [0.717, 1.165) is 0 Å². The van der Waals surface area contributed by atoms with Crippen LogP contribution in [0.1, 0.15) is 20.8 Å². The normalized spacial score (nSPS) is 10.8. The van der Waals surface area contributed by atoms with Crippen molar-refractivity contribution in [3.8, 4) is 5.75 Å². The van der Waals surface area contributed by atoms with Crippen LogP contribution in [0, 0.1) is 0 Å².